The number of aryl methyl sites for hydroxylation is 1. The fraction of sp³-hybridized carbons (Fsp3) is 0.692. The highest BCUT2D eigenvalue weighted by atomic mass is 16.2. The number of aliphatic hydroxyl groups is 1. The second-order valence-corrected chi connectivity index (χ2v) is 4.88. The fourth-order valence-electron chi connectivity index (χ4n) is 2.63. The van der Waals surface area contributed by atoms with Crippen molar-refractivity contribution < 1.29 is 5.11 Å². The molecule has 1 aromatic heterocycles. The summed E-state index contributed by atoms with van der Waals surface area (Å²) in [5.74, 6) is 7.87. The normalized spacial score (nSPS) is 18.9. The number of nitrogens with one attached hydrogen (secondary N) is 1. The van der Waals surface area contributed by atoms with Gasteiger partial charge < -0.3 is 15.4 Å². The summed E-state index contributed by atoms with van der Waals surface area (Å²) in [4.78, 5) is 11.2. The van der Waals surface area contributed by atoms with E-state index in [-0.39, 0.29) is 6.61 Å². The average molecular weight is 265 g/mol. The van der Waals surface area contributed by atoms with E-state index in [1.54, 1.807) is 0 Å². The largest absolute Gasteiger partial charge is 0.396 e. The van der Waals surface area contributed by atoms with Crippen molar-refractivity contribution in [2.75, 3.05) is 23.5 Å². The minimum atomic E-state index is 0.254. The third kappa shape index (κ3) is 3.33. The molecule has 0 radical (unpaired) electrons. The van der Waals surface area contributed by atoms with Crippen LogP contribution in [0.3, 0.4) is 0 Å². The molecule has 0 spiro atoms. The Bertz CT molecular complexity index is 390. The van der Waals surface area contributed by atoms with Gasteiger partial charge in [-0.3, -0.25) is 0 Å². The third-order valence-electron chi connectivity index (χ3n) is 3.59. The highest BCUT2D eigenvalue weighted by Gasteiger charge is 2.25. The lowest BCUT2D eigenvalue weighted by atomic mass is 10.1. The van der Waals surface area contributed by atoms with Gasteiger partial charge in [-0.2, -0.15) is 0 Å². The van der Waals surface area contributed by atoms with Crippen molar-refractivity contribution in [1.29, 1.82) is 0 Å². The fourth-order valence-corrected chi connectivity index (χ4v) is 2.63. The molecular formula is C13H23N5O. The van der Waals surface area contributed by atoms with Crippen molar-refractivity contribution in [3.05, 3.63) is 11.9 Å². The van der Waals surface area contributed by atoms with E-state index in [4.69, 9.17) is 10.9 Å². The minimum absolute atomic E-state index is 0.254. The van der Waals surface area contributed by atoms with Crippen LogP contribution in [0, 0.1) is 0 Å². The number of aromatic nitrogens is 2. The summed E-state index contributed by atoms with van der Waals surface area (Å²) < 4.78 is 0. The molecule has 1 aliphatic heterocycles. The van der Waals surface area contributed by atoms with E-state index in [1.807, 2.05) is 13.0 Å². The Hall–Kier alpha value is -1.40. The third-order valence-corrected chi connectivity index (χ3v) is 3.59. The zero-order chi connectivity index (χ0) is 13.7. The Morgan fingerprint density at radius 3 is 3.05 bits per heavy atom. The maximum Gasteiger partial charge on any atom is 0.145 e. The van der Waals surface area contributed by atoms with Crippen molar-refractivity contribution >= 4 is 11.6 Å². The number of hydrazine groups is 1. The molecule has 6 nitrogen and oxygen atoms in total. The molecule has 4 N–H and O–H groups in total. The SMILES string of the molecule is CCc1nc(NN)cc(N2CCCC2CCCO)n1. The molecule has 1 fully saturated rings. The second-order valence-electron chi connectivity index (χ2n) is 4.88. The van der Waals surface area contributed by atoms with Crippen molar-refractivity contribution in [3.63, 3.8) is 0 Å². The summed E-state index contributed by atoms with van der Waals surface area (Å²) in [6.07, 6.45) is 4.98. The lowest BCUT2D eigenvalue weighted by Gasteiger charge is -2.26. The topological polar surface area (TPSA) is 87.3 Å². The van der Waals surface area contributed by atoms with Crippen LogP contribution < -0.4 is 16.2 Å². The second kappa shape index (κ2) is 6.68. The first-order valence-electron chi connectivity index (χ1n) is 7.00. The summed E-state index contributed by atoms with van der Waals surface area (Å²) >= 11 is 0. The molecule has 6 heteroatoms. The molecule has 1 saturated heterocycles. The first-order chi connectivity index (χ1) is 9.28. The van der Waals surface area contributed by atoms with Crippen molar-refractivity contribution in [1.82, 2.24) is 9.97 Å². The lowest BCUT2D eigenvalue weighted by Crippen LogP contribution is -2.30. The van der Waals surface area contributed by atoms with E-state index in [2.05, 4.69) is 20.3 Å². The Morgan fingerprint density at radius 1 is 1.53 bits per heavy atom. The molecule has 0 amide bonds. The van der Waals surface area contributed by atoms with Gasteiger partial charge in [0.05, 0.1) is 0 Å². The van der Waals surface area contributed by atoms with Gasteiger partial charge in [-0.15, -0.1) is 0 Å². The molecule has 0 aromatic carbocycles. The molecule has 1 unspecified atom stereocenters. The number of rotatable bonds is 6. The van der Waals surface area contributed by atoms with E-state index in [1.165, 1.54) is 6.42 Å². The smallest absolute Gasteiger partial charge is 0.145 e. The van der Waals surface area contributed by atoms with Crippen LogP contribution in [0.25, 0.3) is 0 Å². The van der Waals surface area contributed by atoms with Crippen LogP contribution in [0.4, 0.5) is 11.6 Å². The number of hydrogen-bond donors (Lipinski definition) is 3. The molecule has 106 valence electrons. The monoisotopic (exact) mass is 265 g/mol. The van der Waals surface area contributed by atoms with Crippen LogP contribution in [0.5, 0.6) is 0 Å². The average Bonchev–Trinajstić information content (AvgIpc) is 2.92. The predicted octanol–water partition coefficient (Wildman–Crippen LogP) is 1.07. The standard InChI is InChI=1S/C13H23N5O/c1-2-11-15-12(17-14)9-13(16-11)18-7-3-5-10(18)6-4-8-19/h9-10,19H,2-8,14H2,1H3,(H,15,16,17). The molecule has 0 bridgehead atoms. The van der Waals surface area contributed by atoms with Gasteiger partial charge in [0.15, 0.2) is 0 Å². The van der Waals surface area contributed by atoms with Gasteiger partial charge in [-0.1, -0.05) is 6.92 Å². The molecule has 1 aliphatic rings. The Morgan fingerprint density at radius 2 is 2.37 bits per heavy atom. The molecule has 1 aromatic rings. The maximum atomic E-state index is 8.98. The Labute approximate surface area is 114 Å². The van der Waals surface area contributed by atoms with E-state index < -0.39 is 0 Å². The van der Waals surface area contributed by atoms with Gasteiger partial charge in [0.25, 0.3) is 0 Å². The highest BCUT2D eigenvalue weighted by molar-refractivity contribution is 5.50. The van der Waals surface area contributed by atoms with Gasteiger partial charge in [0, 0.05) is 31.7 Å². The number of aliphatic hydroxyl groups excluding tert-OH is 1. The zero-order valence-electron chi connectivity index (χ0n) is 11.5. The van der Waals surface area contributed by atoms with E-state index in [0.29, 0.717) is 11.9 Å². The van der Waals surface area contributed by atoms with Crippen molar-refractivity contribution in [3.8, 4) is 0 Å². The van der Waals surface area contributed by atoms with E-state index in [0.717, 1.165) is 43.9 Å². The van der Waals surface area contributed by atoms with Gasteiger partial charge in [0.1, 0.15) is 17.5 Å². The molecule has 2 heterocycles. The van der Waals surface area contributed by atoms with Gasteiger partial charge in [-0.25, -0.2) is 15.8 Å². The number of hydrogen-bond acceptors (Lipinski definition) is 6. The van der Waals surface area contributed by atoms with Crippen LogP contribution >= 0.6 is 0 Å². The number of nitrogens with two attached hydrogens (primary N) is 1. The summed E-state index contributed by atoms with van der Waals surface area (Å²) in [7, 11) is 0. The summed E-state index contributed by atoms with van der Waals surface area (Å²) in [5.41, 5.74) is 2.61. The predicted molar refractivity (Wildman–Crippen MR) is 75.9 cm³/mol. The van der Waals surface area contributed by atoms with Gasteiger partial charge >= 0.3 is 0 Å². The maximum absolute atomic E-state index is 8.98. The van der Waals surface area contributed by atoms with Gasteiger partial charge in [-0.05, 0) is 25.7 Å². The molecule has 19 heavy (non-hydrogen) atoms. The van der Waals surface area contributed by atoms with Crippen LogP contribution in [0.1, 0.15) is 38.4 Å². The molecular weight excluding hydrogens is 242 g/mol. The van der Waals surface area contributed by atoms with Crippen LogP contribution in [0.2, 0.25) is 0 Å². The molecule has 0 saturated carbocycles. The van der Waals surface area contributed by atoms with E-state index >= 15 is 0 Å². The molecule has 1 atom stereocenters. The van der Waals surface area contributed by atoms with Crippen molar-refractivity contribution in [2.24, 2.45) is 5.84 Å². The Kier molecular flexibility index (Phi) is 4.93. The minimum Gasteiger partial charge on any atom is -0.396 e. The van der Waals surface area contributed by atoms with Crippen LogP contribution in [0.15, 0.2) is 6.07 Å². The Balaban J connectivity index is 2.19. The number of nitrogen functional groups attached to an aromatic ring is 1. The molecule has 2 rings (SSSR count). The first-order valence-corrected chi connectivity index (χ1v) is 7.00. The van der Waals surface area contributed by atoms with Crippen molar-refractivity contribution in [2.45, 2.75) is 45.1 Å². The van der Waals surface area contributed by atoms with Gasteiger partial charge in [0.2, 0.25) is 0 Å². The zero-order valence-corrected chi connectivity index (χ0v) is 11.5. The summed E-state index contributed by atoms with van der Waals surface area (Å²) in [6.45, 7) is 3.30. The quantitative estimate of drug-likeness (QED) is 0.527. The highest BCUT2D eigenvalue weighted by Crippen LogP contribution is 2.27. The lowest BCUT2D eigenvalue weighted by molar-refractivity contribution is 0.279. The van der Waals surface area contributed by atoms with Crippen LogP contribution in [-0.2, 0) is 6.42 Å². The first kappa shape index (κ1) is 14.0. The number of anilines is 2. The van der Waals surface area contributed by atoms with E-state index in [9.17, 15) is 0 Å². The summed E-state index contributed by atoms with van der Waals surface area (Å²) in [5, 5.41) is 8.98. The number of nitrogens with zero attached hydrogens (tertiary/aromatic N) is 3. The molecule has 0 aliphatic carbocycles. The summed E-state index contributed by atoms with van der Waals surface area (Å²) in [6, 6.07) is 2.37. The van der Waals surface area contributed by atoms with Crippen LogP contribution in [-0.4, -0.2) is 34.3 Å².